The summed E-state index contributed by atoms with van der Waals surface area (Å²) >= 11 is 0. The molecular weight excluding hydrogens is 221 g/mol. The lowest BCUT2D eigenvalue weighted by Gasteiger charge is -2.24. The highest BCUT2D eigenvalue weighted by Gasteiger charge is 2.26. The van der Waals surface area contributed by atoms with Crippen molar-refractivity contribution in [2.75, 3.05) is 20.2 Å². The van der Waals surface area contributed by atoms with Crippen molar-refractivity contribution < 1.29 is 9.13 Å². The van der Waals surface area contributed by atoms with E-state index in [1.807, 2.05) is 17.8 Å². The van der Waals surface area contributed by atoms with Crippen molar-refractivity contribution in [2.24, 2.45) is 0 Å². The third-order valence-electron chi connectivity index (χ3n) is 3.07. The molecule has 2 heterocycles. The Morgan fingerprint density at radius 3 is 3.29 bits per heavy atom. The van der Waals surface area contributed by atoms with Gasteiger partial charge in [-0.3, -0.25) is 4.68 Å². The van der Waals surface area contributed by atoms with E-state index < -0.39 is 0 Å². The smallest absolute Gasteiger partial charge is 0.134 e. The number of hydrogen-bond donors (Lipinski definition) is 1. The topological polar surface area (TPSA) is 39.1 Å². The lowest BCUT2D eigenvalue weighted by Crippen LogP contribution is -2.28. The van der Waals surface area contributed by atoms with Crippen molar-refractivity contribution in [3.8, 4) is 0 Å². The summed E-state index contributed by atoms with van der Waals surface area (Å²) in [5.74, 6) is -0.227. The molecule has 1 aromatic carbocycles. The average molecular weight is 235 g/mol. The Labute approximate surface area is 98.4 Å². The van der Waals surface area contributed by atoms with E-state index in [1.54, 1.807) is 6.07 Å². The molecule has 4 nitrogen and oxygen atoms in total. The number of rotatable bonds is 2. The second-order valence-corrected chi connectivity index (χ2v) is 4.16. The monoisotopic (exact) mass is 235 g/mol. The third-order valence-corrected chi connectivity index (χ3v) is 3.07. The largest absolute Gasteiger partial charge is 0.369 e. The first kappa shape index (κ1) is 10.7. The zero-order valence-electron chi connectivity index (χ0n) is 9.61. The molecular formula is C12H14FN3O. The third kappa shape index (κ3) is 1.62. The summed E-state index contributed by atoms with van der Waals surface area (Å²) in [5.41, 5.74) is 1.55. The first-order chi connectivity index (χ1) is 8.31. The van der Waals surface area contributed by atoms with Gasteiger partial charge in [0.05, 0.1) is 29.7 Å². The predicted octanol–water partition coefficient (Wildman–Crippen LogP) is 1.47. The number of halogens is 1. The predicted molar refractivity (Wildman–Crippen MR) is 62.3 cm³/mol. The molecule has 1 N–H and O–H groups in total. The summed E-state index contributed by atoms with van der Waals surface area (Å²) in [4.78, 5) is 0. The maximum absolute atomic E-state index is 13.9. The minimum absolute atomic E-state index is 0.129. The zero-order chi connectivity index (χ0) is 11.8. The van der Waals surface area contributed by atoms with E-state index in [0.29, 0.717) is 30.6 Å². The van der Waals surface area contributed by atoms with Gasteiger partial charge in [-0.05, 0) is 19.2 Å². The van der Waals surface area contributed by atoms with Crippen LogP contribution in [0.5, 0.6) is 0 Å². The van der Waals surface area contributed by atoms with Crippen LogP contribution in [0.2, 0.25) is 0 Å². The molecule has 1 aliphatic heterocycles. The van der Waals surface area contributed by atoms with Crippen molar-refractivity contribution >= 4 is 10.9 Å². The lowest BCUT2D eigenvalue weighted by atomic mass is 10.1. The Bertz CT molecular complexity index is 552. The fraction of sp³-hybridized carbons (Fsp3) is 0.417. The van der Waals surface area contributed by atoms with Gasteiger partial charge in [-0.2, -0.15) is 5.10 Å². The van der Waals surface area contributed by atoms with Crippen LogP contribution >= 0.6 is 0 Å². The molecule has 1 aromatic heterocycles. The fourth-order valence-corrected chi connectivity index (χ4v) is 2.36. The van der Waals surface area contributed by atoms with Gasteiger partial charge in [0.2, 0.25) is 0 Å². The van der Waals surface area contributed by atoms with Crippen LogP contribution in [0.15, 0.2) is 18.2 Å². The van der Waals surface area contributed by atoms with E-state index in [4.69, 9.17) is 4.74 Å². The van der Waals surface area contributed by atoms with Crippen molar-refractivity contribution in [3.63, 3.8) is 0 Å². The van der Waals surface area contributed by atoms with Crippen LogP contribution in [0, 0.1) is 5.82 Å². The van der Waals surface area contributed by atoms with Crippen LogP contribution in [0.1, 0.15) is 11.8 Å². The Balaban J connectivity index is 2.22. The van der Waals surface area contributed by atoms with Gasteiger partial charge in [0.25, 0.3) is 0 Å². The number of benzene rings is 1. The van der Waals surface area contributed by atoms with Gasteiger partial charge in [0.15, 0.2) is 0 Å². The highest BCUT2D eigenvalue weighted by molar-refractivity contribution is 5.82. The number of likely N-dealkylation sites (N-methyl/N-ethyl adjacent to an activating group) is 1. The molecule has 5 heteroatoms. The number of aromatic nitrogens is 2. The quantitative estimate of drug-likeness (QED) is 0.856. The molecule has 0 unspecified atom stereocenters. The average Bonchev–Trinajstić information content (AvgIpc) is 2.70. The molecule has 0 radical (unpaired) electrons. The second kappa shape index (κ2) is 4.09. The number of nitrogens with zero attached hydrogens (tertiary/aromatic N) is 2. The lowest BCUT2D eigenvalue weighted by molar-refractivity contribution is 0.0194. The van der Waals surface area contributed by atoms with Gasteiger partial charge >= 0.3 is 0 Å². The molecule has 1 atom stereocenters. The van der Waals surface area contributed by atoms with E-state index in [9.17, 15) is 4.39 Å². The summed E-state index contributed by atoms with van der Waals surface area (Å²) in [6, 6.07) is 4.99. The Kier molecular flexibility index (Phi) is 2.57. The van der Waals surface area contributed by atoms with Gasteiger partial charge in [0.1, 0.15) is 11.9 Å². The van der Waals surface area contributed by atoms with Crippen LogP contribution in [0.4, 0.5) is 4.39 Å². The van der Waals surface area contributed by atoms with E-state index in [0.717, 1.165) is 5.69 Å². The van der Waals surface area contributed by atoms with Crippen molar-refractivity contribution in [1.29, 1.82) is 0 Å². The molecule has 0 amide bonds. The number of hydrogen-bond acceptors (Lipinski definition) is 3. The van der Waals surface area contributed by atoms with Gasteiger partial charge in [-0.25, -0.2) is 4.39 Å². The maximum atomic E-state index is 13.9. The van der Waals surface area contributed by atoms with Crippen LogP contribution in [0.25, 0.3) is 10.9 Å². The summed E-state index contributed by atoms with van der Waals surface area (Å²) < 4.78 is 21.4. The molecule has 0 spiro atoms. The first-order valence-electron chi connectivity index (χ1n) is 5.72. The van der Waals surface area contributed by atoms with Crippen LogP contribution in [-0.4, -0.2) is 30.0 Å². The number of nitrogens with one attached hydrogen (secondary N) is 1. The van der Waals surface area contributed by atoms with E-state index >= 15 is 0 Å². The van der Waals surface area contributed by atoms with Gasteiger partial charge in [0, 0.05) is 6.54 Å². The van der Waals surface area contributed by atoms with Crippen molar-refractivity contribution in [1.82, 2.24) is 15.1 Å². The standard InChI is InChI=1S/C12H14FN3O/c1-14-7-10-12-11-8(13)3-2-4-9(11)15-16(12)5-6-17-10/h2-4,10,14H,5-7H2,1H3/t10-/m0/s1. The number of ether oxygens (including phenoxy) is 1. The highest BCUT2D eigenvalue weighted by Crippen LogP contribution is 2.30. The Morgan fingerprint density at radius 1 is 1.59 bits per heavy atom. The molecule has 0 aliphatic carbocycles. The summed E-state index contributed by atoms with van der Waals surface area (Å²) in [7, 11) is 1.86. The Hall–Kier alpha value is -1.46. The molecule has 0 fully saturated rings. The second-order valence-electron chi connectivity index (χ2n) is 4.16. The fourth-order valence-electron chi connectivity index (χ4n) is 2.36. The van der Waals surface area contributed by atoms with Gasteiger partial charge < -0.3 is 10.1 Å². The molecule has 0 saturated heterocycles. The SMILES string of the molecule is CNC[C@@H]1OCCn2nc3cccc(F)c3c21. The summed E-state index contributed by atoms with van der Waals surface area (Å²) in [6.45, 7) is 1.97. The van der Waals surface area contributed by atoms with Crippen LogP contribution < -0.4 is 5.32 Å². The van der Waals surface area contributed by atoms with Gasteiger partial charge in [-0.15, -0.1) is 0 Å². The van der Waals surface area contributed by atoms with Crippen molar-refractivity contribution in [3.05, 3.63) is 29.7 Å². The summed E-state index contributed by atoms with van der Waals surface area (Å²) in [6.07, 6.45) is -0.129. The zero-order valence-corrected chi connectivity index (χ0v) is 9.61. The Morgan fingerprint density at radius 2 is 2.47 bits per heavy atom. The molecule has 17 heavy (non-hydrogen) atoms. The molecule has 3 rings (SSSR count). The maximum Gasteiger partial charge on any atom is 0.134 e. The minimum Gasteiger partial charge on any atom is -0.369 e. The van der Waals surface area contributed by atoms with Crippen molar-refractivity contribution in [2.45, 2.75) is 12.6 Å². The van der Waals surface area contributed by atoms with E-state index in [1.165, 1.54) is 6.07 Å². The molecule has 90 valence electrons. The van der Waals surface area contributed by atoms with E-state index in [-0.39, 0.29) is 11.9 Å². The first-order valence-corrected chi connectivity index (χ1v) is 5.72. The normalized spacial score (nSPS) is 19.5. The minimum atomic E-state index is -0.227. The van der Waals surface area contributed by atoms with Gasteiger partial charge in [-0.1, -0.05) is 6.07 Å². The summed E-state index contributed by atoms with van der Waals surface area (Å²) in [5, 5.41) is 8.07. The molecule has 2 aromatic rings. The van der Waals surface area contributed by atoms with Crippen LogP contribution in [-0.2, 0) is 11.3 Å². The number of fused-ring (bicyclic) bond motifs is 3. The highest BCUT2D eigenvalue weighted by atomic mass is 19.1. The molecule has 0 saturated carbocycles. The molecule has 1 aliphatic rings. The molecule has 0 bridgehead atoms. The van der Waals surface area contributed by atoms with Crippen LogP contribution in [0.3, 0.4) is 0 Å². The van der Waals surface area contributed by atoms with E-state index in [2.05, 4.69) is 10.4 Å².